The lowest BCUT2D eigenvalue weighted by molar-refractivity contribution is 0.405. The quantitative estimate of drug-likeness (QED) is 0.357. The molecule has 0 aliphatic rings. The number of ether oxygens (including phenoxy) is 1. The molecule has 112 valence electrons. The molecule has 0 bridgehead atoms. The minimum Gasteiger partial charge on any atom is -0.496 e. The third-order valence-electron chi connectivity index (χ3n) is 2.88. The van der Waals surface area contributed by atoms with Crippen LogP contribution in [0.25, 0.3) is 0 Å². The highest BCUT2D eigenvalue weighted by Gasteiger charge is 2.23. The van der Waals surface area contributed by atoms with Crippen molar-refractivity contribution < 1.29 is 22.3 Å². The van der Waals surface area contributed by atoms with Crippen LogP contribution < -0.4 is 4.74 Å². The minimum atomic E-state index is -1.56. The van der Waals surface area contributed by atoms with Crippen molar-refractivity contribution in [3.63, 3.8) is 0 Å². The Balaban J connectivity index is 2.57. The van der Waals surface area contributed by atoms with Crippen molar-refractivity contribution in [3.8, 4) is 5.75 Å². The van der Waals surface area contributed by atoms with Crippen LogP contribution in [-0.4, -0.2) is 7.11 Å². The van der Waals surface area contributed by atoms with E-state index in [1.807, 2.05) is 0 Å². The first kappa shape index (κ1) is 16.3. The predicted molar refractivity (Wildman–Crippen MR) is 77.7 cm³/mol. The van der Waals surface area contributed by atoms with Crippen LogP contribution in [-0.2, 0) is 0 Å². The van der Waals surface area contributed by atoms with Crippen molar-refractivity contribution in [1.29, 1.82) is 0 Å². The average molecular weight is 428 g/mol. The van der Waals surface area contributed by atoms with Gasteiger partial charge in [0.15, 0.2) is 17.5 Å². The van der Waals surface area contributed by atoms with Gasteiger partial charge in [-0.25, -0.2) is 17.6 Å². The summed E-state index contributed by atoms with van der Waals surface area (Å²) in [4.78, 5) is -0.834. The van der Waals surface area contributed by atoms with Crippen LogP contribution in [0.5, 0.6) is 5.75 Å². The fourth-order valence-corrected chi connectivity index (χ4v) is 2.90. The van der Waals surface area contributed by atoms with Crippen LogP contribution in [0.15, 0.2) is 28.7 Å². The number of alkyl halides is 1. The van der Waals surface area contributed by atoms with E-state index in [1.54, 1.807) is 0 Å². The van der Waals surface area contributed by atoms with Gasteiger partial charge in [0, 0.05) is 17.2 Å². The highest BCUT2D eigenvalue weighted by Crippen LogP contribution is 2.40. The van der Waals surface area contributed by atoms with Gasteiger partial charge in [-0.05, 0) is 28.1 Å². The Morgan fingerprint density at radius 3 is 2.24 bits per heavy atom. The summed E-state index contributed by atoms with van der Waals surface area (Å²) in [6, 6.07) is 4.44. The second-order valence-electron chi connectivity index (χ2n) is 4.14. The molecule has 0 amide bonds. The summed E-state index contributed by atoms with van der Waals surface area (Å²) in [6.45, 7) is 0. The van der Waals surface area contributed by atoms with Crippen molar-refractivity contribution >= 4 is 31.9 Å². The number of methoxy groups -OCH3 is 1. The normalized spacial score (nSPS) is 12.3. The number of hydrogen-bond acceptors (Lipinski definition) is 1. The standard InChI is InChI=1S/C14H8Br2F4O/c1-21-11-5-10(18)8(15)4-7(11)12(16)6-2-3-9(17)14(20)13(6)19/h2-5,12H,1H3. The Labute approximate surface area is 135 Å². The smallest absolute Gasteiger partial charge is 0.194 e. The summed E-state index contributed by atoms with van der Waals surface area (Å²) in [5, 5.41) is 0. The summed E-state index contributed by atoms with van der Waals surface area (Å²) in [5.74, 6) is -4.54. The second-order valence-corrected chi connectivity index (χ2v) is 5.91. The molecule has 0 fully saturated rings. The Morgan fingerprint density at radius 1 is 0.952 bits per heavy atom. The van der Waals surface area contributed by atoms with E-state index in [4.69, 9.17) is 4.74 Å². The van der Waals surface area contributed by atoms with Crippen LogP contribution in [0, 0.1) is 23.3 Å². The predicted octanol–water partition coefficient (Wildman–Crippen LogP) is 5.50. The number of halogens is 6. The van der Waals surface area contributed by atoms with Gasteiger partial charge in [-0.1, -0.05) is 22.0 Å². The molecule has 0 radical (unpaired) electrons. The molecule has 2 aromatic carbocycles. The zero-order valence-electron chi connectivity index (χ0n) is 10.6. The molecule has 7 heteroatoms. The van der Waals surface area contributed by atoms with Gasteiger partial charge in [0.25, 0.3) is 0 Å². The summed E-state index contributed by atoms with van der Waals surface area (Å²) in [7, 11) is 1.33. The lowest BCUT2D eigenvalue weighted by Crippen LogP contribution is -2.03. The van der Waals surface area contributed by atoms with E-state index in [1.165, 1.54) is 13.2 Å². The Kier molecular flexibility index (Phi) is 4.93. The van der Waals surface area contributed by atoms with E-state index >= 15 is 0 Å². The van der Waals surface area contributed by atoms with Gasteiger partial charge in [0.1, 0.15) is 11.6 Å². The molecule has 0 aromatic heterocycles. The van der Waals surface area contributed by atoms with Gasteiger partial charge >= 0.3 is 0 Å². The average Bonchev–Trinajstić information content (AvgIpc) is 2.46. The highest BCUT2D eigenvalue weighted by atomic mass is 79.9. The van der Waals surface area contributed by atoms with Gasteiger partial charge < -0.3 is 4.74 Å². The van der Waals surface area contributed by atoms with Crippen molar-refractivity contribution in [1.82, 2.24) is 0 Å². The fraction of sp³-hybridized carbons (Fsp3) is 0.143. The van der Waals surface area contributed by atoms with E-state index in [9.17, 15) is 17.6 Å². The first-order valence-electron chi connectivity index (χ1n) is 5.67. The molecule has 0 heterocycles. The molecule has 21 heavy (non-hydrogen) atoms. The maximum absolute atomic E-state index is 13.8. The third kappa shape index (κ3) is 3.08. The van der Waals surface area contributed by atoms with Gasteiger partial charge in [0.2, 0.25) is 0 Å². The first-order valence-corrected chi connectivity index (χ1v) is 7.38. The summed E-state index contributed by atoms with van der Waals surface area (Å²) >= 11 is 6.22. The number of benzene rings is 2. The Morgan fingerprint density at radius 2 is 1.62 bits per heavy atom. The van der Waals surface area contributed by atoms with Crippen LogP contribution >= 0.6 is 31.9 Å². The fourth-order valence-electron chi connectivity index (χ4n) is 1.82. The summed E-state index contributed by atoms with van der Waals surface area (Å²) in [6.07, 6.45) is 0. The number of rotatable bonds is 3. The largest absolute Gasteiger partial charge is 0.496 e. The molecule has 0 saturated heterocycles. The minimum absolute atomic E-state index is 0.120. The molecule has 2 aromatic rings. The maximum Gasteiger partial charge on any atom is 0.194 e. The van der Waals surface area contributed by atoms with Gasteiger partial charge in [-0.2, -0.15) is 0 Å². The van der Waals surface area contributed by atoms with Crippen LogP contribution in [0.3, 0.4) is 0 Å². The Bertz CT molecular complexity index is 691. The van der Waals surface area contributed by atoms with E-state index in [-0.39, 0.29) is 15.8 Å². The summed E-state index contributed by atoms with van der Waals surface area (Å²) < 4.78 is 58.8. The molecule has 1 unspecified atom stereocenters. The van der Waals surface area contributed by atoms with E-state index in [2.05, 4.69) is 31.9 Å². The first-order chi connectivity index (χ1) is 9.86. The highest BCUT2D eigenvalue weighted by molar-refractivity contribution is 9.10. The summed E-state index contributed by atoms with van der Waals surface area (Å²) in [5.41, 5.74) is 0.251. The molecule has 1 nitrogen and oxygen atoms in total. The van der Waals surface area contributed by atoms with Crippen LogP contribution in [0.4, 0.5) is 17.6 Å². The van der Waals surface area contributed by atoms with Crippen molar-refractivity contribution in [2.45, 2.75) is 4.83 Å². The maximum atomic E-state index is 13.8. The molecule has 2 rings (SSSR count). The van der Waals surface area contributed by atoms with E-state index in [0.717, 1.165) is 18.2 Å². The number of hydrogen-bond donors (Lipinski definition) is 0. The van der Waals surface area contributed by atoms with Crippen LogP contribution in [0.1, 0.15) is 16.0 Å². The molecule has 1 atom stereocenters. The zero-order chi connectivity index (χ0) is 15.7. The molecular weight excluding hydrogens is 420 g/mol. The SMILES string of the molecule is COc1cc(F)c(Br)cc1C(Br)c1ccc(F)c(F)c1F. The zero-order valence-corrected chi connectivity index (χ0v) is 13.7. The monoisotopic (exact) mass is 426 g/mol. The van der Waals surface area contributed by atoms with Crippen LogP contribution in [0.2, 0.25) is 0 Å². The van der Waals surface area contributed by atoms with Crippen molar-refractivity contribution in [2.24, 2.45) is 0 Å². The van der Waals surface area contributed by atoms with Crippen molar-refractivity contribution in [3.05, 3.63) is 63.1 Å². The topological polar surface area (TPSA) is 9.23 Å². The van der Waals surface area contributed by atoms with E-state index in [0.29, 0.717) is 5.56 Å². The molecule has 0 aliphatic carbocycles. The third-order valence-corrected chi connectivity index (χ3v) is 4.48. The molecule has 0 spiro atoms. The van der Waals surface area contributed by atoms with Crippen molar-refractivity contribution in [2.75, 3.05) is 7.11 Å². The van der Waals surface area contributed by atoms with Gasteiger partial charge in [0.05, 0.1) is 16.4 Å². The van der Waals surface area contributed by atoms with E-state index < -0.39 is 28.1 Å². The Hall–Kier alpha value is -1.08. The molecule has 0 aliphatic heterocycles. The van der Waals surface area contributed by atoms with Gasteiger partial charge in [-0.3, -0.25) is 0 Å². The molecular formula is C14H8Br2F4O. The molecule has 0 N–H and O–H groups in total. The van der Waals surface area contributed by atoms with Gasteiger partial charge in [-0.15, -0.1) is 0 Å². The lowest BCUT2D eigenvalue weighted by Gasteiger charge is -2.16. The lowest BCUT2D eigenvalue weighted by atomic mass is 10.0. The second kappa shape index (κ2) is 6.36. The molecule has 0 saturated carbocycles.